The van der Waals surface area contributed by atoms with Crippen molar-refractivity contribution in [3.63, 3.8) is 0 Å². The molecule has 1 saturated heterocycles. The zero-order valence-electron chi connectivity index (χ0n) is 20.9. The van der Waals surface area contributed by atoms with E-state index >= 15 is 0 Å². The topological polar surface area (TPSA) is 48.5 Å². The molecule has 2 heterocycles. The largest absolute Gasteiger partial charge is 0.337 e. The number of carbonyl (C=O) groups is 1. The van der Waals surface area contributed by atoms with Crippen molar-refractivity contribution in [1.29, 1.82) is 0 Å². The highest BCUT2D eigenvalue weighted by Crippen LogP contribution is 2.27. The Morgan fingerprint density at radius 3 is 2.64 bits per heavy atom. The fraction of sp³-hybridized carbons (Fsp3) is 0.267. The van der Waals surface area contributed by atoms with Crippen molar-refractivity contribution in [3.05, 3.63) is 101 Å². The number of benzene rings is 3. The van der Waals surface area contributed by atoms with E-state index in [0.29, 0.717) is 0 Å². The van der Waals surface area contributed by atoms with Crippen LogP contribution in [-0.2, 0) is 6.54 Å². The van der Waals surface area contributed by atoms with Gasteiger partial charge in [0.05, 0.1) is 10.4 Å². The summed E-state index contributed by atoms with van der Waals surface area (Å²) >= 11 is 1.54. The van der Waals surface area contributed by atoms with Crippen molar-refractivity contribution in [2.24, 2.45) is 0 Å². The Balaban J connectivity index is 1.18. The lowest BCUT2D eigenvalue weighted by Gasteiger charge is -2.23. The van der Waals surface area contributed by atoms with Crippen molar-refractivity contribution >= 4 is 34.4 Å². The number of anilines is 1. The highest BCUT2D eigenvalue weighted by atomic mass is 32.2. The fourth-order valence-electron chi connectivity index (χ4n) is 4.68. The van der Waals surface area contributed by atoms with Crippen molar-refractivity contribution in [1.82, 2.24) is 14.8 Å². The molecule has 0 unspecified atom stereocenters. The van der Waals surface area contributed by atoms with Gasteiger partial charge in [-0.05, 0) is 79.7 Å². The van der Waals surface area contributed by atoms with Crippen LogP contribution in [0.1, 0.15) is 33.5 Å². The standard InChI is InChI=1S/C30H32N4OS/c1-22-9-10-23(2)26(20-22)21-33-16-5-17-34(19-18-33)30(35)25-11-13-27(14-12-25)32-36-28-8-3-6-24-7-4-15-31-29(24)28/h3-4,6-15,20,32H,5,16-19,21H2,1-2H3. The number of hydrogen-bond donors (Lipinski definition) is 1. The minimum atomic E-state index is 0.112. The van der Waals surface area contributed by atoms with E-state index < -0.39 is 0 Å². The van der Waals surface area contributed by atoms with Gasteiger partial charge in [-0.2, -0.15) is 0 Å². The predicted molar refractivity (Wildman–Crippen MR) is 149 cm³/mol. The lowest BCUT2D eigenvalue weighted by atomic mass is 10.1. The zero-order chi connectivity index (χ0) is 24.9. The maximum absolute atomic E-state index is 13.2. The lowest BCUT2D eigenvalue weighted by molar-refractivity contribution is 0.0761. The average molecular weight is 497 g/mol. The van der Waals surface area contributed by atoms with Gasteiger partial charge in [0.2, 0.25) is 0 Å². The quantitative estimate of drug-likeness (QED) is 0.317. The maximum Gasteiger partial charge on any atom is 0.253 e. The van der Waals surface area contributed by atoms with Gasteiger partial charge in [0.25, 0.3) is 5.91 Å². The van der Waals surface area contributed by atoms with Crippen LogP contribution in [0.15, 0.2) is 83.9 Å². The van der Waals surface area contributed by atoms with Crippen LogP contribution in [0.4, 0.5) is 5.69 Å². The minimum Gasteiger partial charge on any atom is -0.337 e. The fourth-order valence-corrected chi connectivity index (χ4v) is 5.46. The van der Waals surface area contributed by atoms with E-state index in [9.17, 15) is 4.79 Å². The van der Waals surface area contributed by atoms with Crippen LogP contribution < -0.4 is 4.72 Å². The SMILES string of the molecule is Cc1ccc(C)c(CN2CCCN(C(=O)c3ccc(NSc4cccc5cccnc45)cc3)CC2)c1. The summed E-state index contributed by atoms with van der Waals surface area (Å²) < 4.78 is 3.39. The molecular weight excluding hydrogens is 464 g/mol. The first kappa shape index (κ1) is 24.3. The van der Waals surface area contributed by atoms with E-state index in [-0.39, 0.29) is 5.91 Å². The van der Waals surface area contributed by atoms with Crippen LogP contribution >= 0.6 is 11.9 Å². The molecule has 0 spiro atoms. The van der Waals surface area contributed by atoms with Gasteiger partial charge in [-0.1, -0.05) is 42.0 Å². The first-order valence-electron chi connectivity index (χ1n) is 12.5. The van der Waals surface area contributed by atoms with Crippen LogP contribution in [0.2, 0.25) is 0 Å². The van der Waals surface area contributed by atoms with E-state index in [0.717, 1.165) is 66.2 Å². The smallest absolute Gasteiger partial charge is 0.253 e. The Bertz CT molecular complexity index is 1350. The van der Waals surface area contributed by atoms with Crippen molar-refractivity contribution in [2.75, 3.05) is 30.9 Å². The first-order chi connectivity index (χ1) is 17.6. The second kappa shape index (κ2) is 11.1. The van der Waals surface area contributed by atoms with Crippen LogP contribution in [0.3, 0.4) is 0 Å². The number of nitrogens with zero attached hydrogens (tertiary/aromatic N) is 3. The van der Waals surface area contributed by atoms with Crippen molar-refractivity contribution < 1.29 is 4.79 Å². The minimum absolute atomic E-state index is 0.112. The van der Waals surface area contributed by atoms with Crippen molar-refractivity contribution in [2.45, 2.75) is 31.7 Å². The van der Waals surface area contributed by atoms with Gasteiger partial charge in [-0.15, -0.1) is 0 Å². The van der Waals surface area contributed by atoms with Crippen molar-refractivity contribution in [3.8, 4) is 0 Å². The Morgan fingerprint density at radius 1 is 0.944 bits per heavy atom. The second-order valence-electron chi connectivity index (χ2n) is 9.46. The van der Waals surface area contributed by atoms with Crippen LogP contribution in [-0.4, -0.2) is 46.9 Å². The third kappa shape index (κ3) is 5.72. The lowest BCUT2D eigenvalue weighted by Crippen LogP contribution is -2.35. The van der Waals surface area contributed by atoms with Crippen LogP contribution in [0.5, 0.6) is 0 Å². The maximum atomic E-state index is 13.2. The van der Waals surface area contributed by atoms with Gasteiger partial charge in [0.15, 0.2) is 0 Å². The molecule has 1 amide bonds. The molecule has 184 valence electrons. The molecule has 0 radical (unpaired) electrons. The van der Waals surface area contributed by atoms with Crippen LogP contribution in [0, 0.1) is 13.8 Å². The molecule has 0 aliphatic carbocycles. The monoisotopic (exact) mass is 496 g/mol. The number of pyridine rings is 1. The number of aromatic nitrogens is 1. The van der Waals surface area contributed by atoms with Crippen LogP contribution in [0.25, 0.3) is 10.9 Å². The number of para-hydroxylation sites is 1. The highest BCUT2D eigenvalue weighted by molar-refractivity contribution is 8.00. The number of fused-ring (bicyclic) bond motifs is 1. The number of amides is 1. The molecule has 1 fully saturated rings. The second-order valence-corrected chi connectivity index (χ2v) is 10.3. The summed E-state index contributed by atoms with van der Waals surface area (Å²) in [7, 11) is 0. The zero-order valence-corrected chi connectivity index (χ0v) is 21.7. The third-order valence-corrected chi connectivity index (χ3v) is 7.67. The van der Waals surface area contributed by atoms with E-state index in [1.54, 1.807) is 0 Å². The molecule has 6 heteroatoms. The average Bonchev–Trinajstić information content (AvgIpc) is 3.15. The molecule has 0 atom stereocenters. The first-order valence-corrected chi connectivity index (χ1v) is 13.3. The number of rotatable bonds is 6. The summed E-state index contributed by atoms with van der Waals surface area (Å²) in [6.45, 7) is 8.73. The Kier molecular flexibility index (Phi) is 7.54. The summed E-state index contributed by atoms with van der Waals surface area (Å²) in [5, 5.41) is 1.12. The third-order valence-electron chi connectivity index (χ3n) is 6.78. The predicted octanol–water partition coefficient (Wildman–Crippen LogP) is 6.32. The number of carbonyl (C=O) groups excluding carboxylic acids is 1. The Labute approximate surface area is 217 Å². The molecule has 5 nitrogen and oxygen atoms in total. The van der Waals surface area contributed by atoms with Gasteiger partial charge >= 0.3 is 0 Å². The van der Waals surface area contributed by atoms with E-state index in [1.165, 1.54) is 28.6 Å². The summed E-state index contributed by atoms with van der Waals surface area (Å²) in [5.74, 6) is 0.112. The van der Waals surface area contributed by atoms with Gasteiger partial charge in [-0.25, -0.2) is 0 Å². The molecule has 1 aliphatic rings. The molecule has 0 bridgehead atoms. The molecule has 3 aromatic carbocycles. The molecular formula is C30H32N4OS. The Hall–Kier alpha value is -3.35. The summed E-state index contributed by atoms with van der Waals surface area (Å²) in [4.78, 5) is 23.3. The van der Waals surface area contributed by atoms with E-state index in [1.807, 2.05) is 47.5 Å². The van der Waals surface area contributed by atoms with Gasteiger partial charge in [-0.3, -0.25) is 14.7 Å². The summed E-state index contributed by atoms with van der Waals surface area (Å²) in [6.07, 6.45) is 2.81. The van der Waals surface area contributed by atoms with Gasteiger partial charge in [0.1, 0.15) is 0 Å². The molecule has 1 aromatic heterocycles. The summed E-state index contributed by atoms with van der Waals surface area (Å²) in [6, 6.07) is 24.6. The number of nitrogens with one attached hydrogen (secondary N) is 1. The highest BCUT2D eigenvalue weighted by Gasteiger charge is 2.21. The molecule has 5 rings (SSSR count). The molecule has 36 heavy (non-hydrogen) atoms. The summed E-state index contributed by atoms with van der Waals surface area (Å²) in [5.41, 5.74) is 6.70. The molecule has 1 N–H and O–H groups in total. The normalized spacial score (nSPS) is 14.6. The Morgan fingerprint density at radius 2 is 1.78 bits per heavy atom. The van der Waals surface area contributed by atoms with E-state index in [4.69, 9.17) is 0 Å². The number of aryl methyl sites for hydroxylation is 2. The van der Waals surface area contributed by atoms with E-state index in [2.05, 4.69) is 64.9 Å². The van der Waals surface area contributed by atoms with Gasteiger partial charge < -0.3 is 9.62 Å². The van der Waals surface area contributed by atoms with Gasteiger partial charge in [0, 0.05) is 55.6 Å². The molecule has 4 aromatic rings. The molecule has 0 saturated carbocycles. The number of hydrogen-bond acceptors (Lipinski definition) is 5. The molecule has 1 aliphatic heterocycles.